The average molecular weight is 270 g/mol. The van der Waals surface area contributed by atoms with Crippen LogP contribution >= 0.6 is 0 Å². The lowest BCUT2D eigenvalue weighted by molar-refractivity contribution is 0.194. The zero-order chi connectivity index (χ0) is 13.9. The molecule has 3 rings (SSSR count). The van der Waals surface area contributed by atoms with Crippen LogP contribution in [-0.4, -0.2) is 23.2 Å². The van der Waals surface area contributed by atoms with Crippen molar-refractivity contribution < 1.29 is 9.84 Å². The van der Waals surface area contributed by atoms with Gasteiger partial charge in [-0.25, -0.2) is 0 Å². The summed E-state index contributed by atoms with van der Waals surface area (Å²) in [6, 6.07) is 11.9. The molecule has 1 aliphatic heterocycles. The van der Waals surface area contributed by atoms with Gasteiger partial charge in [0.25, 0.3) is 0 Å². The summed E-state index contributed by atoms with van der Waals surface area (Å²) in [5.41, 5.74) is 2.78. The van der Waals surface area contributed by atoms with Gasteiger partial charge in [-0.05, 0) is 37.6 Å². The second-order valence-electron chi connectivity index (χ2n) is 4.94. The van der Waals surface area contributed by atoms with E-state index in [0.29, 0.717) is 5.69 Å². The molecule has 0 saturated heterocycles. The van der Waals surface area contributed by atoms with Gasteiger partial charge < -0.3 is 14.7 Å². The number of benzene rings is 1. The molecule has 20 heavy (non-hydrogen) atoms. The molecule has 2 heterocycles. The van der Waals surface area contributed by atoms with E-state index in [1.807, 2.05) is 36.5 Å². The van der Waals surface area contributed by atoms with E-state index in [4.69, 9.17) is 4.74 Å². The molecule has 1 aromatic carbocycles. The smallest absolute Gasteiger partial charge is 0.142 e. The maximum atomic E-state index is 9.53. The van der Waals surface area contributed by atoms with E-state index in [0.717, 1.165) is 36.7 Å². The van der Waals surface area contributed by atoms with E-state index in [-0.39, 0.29) is 0 Å². The molecule has 4 heteroatoms. The number of anilines is 2. The van der Waals surface area contributed by atoms with Crippen LogP contribution in [0.25, 0.3) is 0 Å². The predicted octanol–water partition coefficient (Wildman–Crippen LogP) is 3.06. The monoisotopic (exact) mass is 270 g/mol. The Hall–Kier alpha value is -2.07. The van der Waals surface area contributed by atoms with Gasteiger partial charge in [-0.2, -0.15) is 0 Å². The lowest BCUT2D eigenvalue weighted by atomic mass is 10.2. The van der Waals surface area contributed by atoms with Gasteiger partial charge in [0, 0.05) is 6.54 Å². The number of hydrogen-bond donors (Lipinski definition) is 1. The fourth-order valence-electron chi connectivity index (χ4n) is 2.40. The first-order valence-corrected chi connectivity index (χ1v) is 6.89. The maximum absolute atomic E-state index is 9.53. The summed E-state index contributed by atoms with van der Waals surface area (Å²) in [6.45, 7) is 3.34. The first-order valence-electron chi connectivity index (χ1n) is 6.89. The van der Waals surface area contributed by atoms with Crippen LogP contribution in [0.1, 0.15) is 25.1 Å². The highest BCUT2D eigenvalue weighted by atomic mass is 16.5. The Kier molecular flexibility index (Phi) is 3.56. The molecule has 0 fully saturated rings. The summed E-state index contributed by atoms with van der Waals surface area (Å²) >= 11 is 0. The number of fused-ring (bicyclic) bond motifs is 1. The van der Waals surface area contributed by atoms with Crippen LogP contribution in [-0.2, 0) is 0 Å². The minimum atomic E-state index is -0.538. The summed E-state index contributed by atoms with van der Waals surface area (Å²) < 4.78 is 5.76. The van der Waals surface area contributed by atoms with Crippen molar-refractivity contribution in [2.45, 2.75) is 19.4 Å². The highest BCUT2D eigenvalue weighted by Crippen LogP contribution is 2.35. The lowest BCUT2D eigenvalue weighted by Gasteiger charge is -2.23. The molecule has 0 bridgehead atoms. The van der Waals surface area contributed by atoms with Crippen molar-refractivity contribution in [3.63, 3.8) is 0 Å². The molecule has 1 unspecified atom stereocenters. The molecule has 0 radical (unpaired) electrons. The fraction of sp³-hybridized carbons (Fsp3) is 0.312. The predicted molar refractivity (Wildman–Crippen MR) is 78.4 cm³/mol. The zero-order valence-corrected chi connectivity index (χ0v) is 11.5. The molecule has 0 aliphatic carbocycles. The second kappa shape index (κ2) is 5.51. The molecule has 4 nitrogen and oxygen atoms in total. The number of para-hydroxylation sites is 2. The Balaban J connectivity index is 1.97. The number of hydrogen-bond acceptors (Lipinski definition) is 4. The molecule has 0 amide bonds. The van der Waals surface area contributed by atoms with Gasteiger partial charge in [0.15, 0.2) is 0 Å². The Bertz CT molecular complexity index is 581. The number of rotatable bonds is 2. The van der Waals surface area contributed by atoms with Crippen LogP contribution in [0.15, 0.2) is 42.6 Å². The van der Waals surface area contributed by atoms with Gasteiger partial charge in [0.2, 0.25) is 0 Å². The molecule has 1 aliphatic rings. The molecule has 0 saturated carbocycles. The fourth-order valence-corrected chi connectivity index (χ4v) is 2.40. The van der Waals surface area contributed by atoms with Crippen LogP contribution < -0.4 is 9.64 Å². The summed E-state index contributed by atoms with van der Waals surface area (Å²) in [7, 11) is 0. The van der Waals surface area contributed by atoms with Crippen LogP contribution in [0.4, 0.5) is 11.4 Å². The van der Waals surface area contributed by atoms with Crippen LogP contribution in [0.3, 0.4) is 0 Å². The number of ether oxygens (including phenoxy) is 1. The molecular weight excluding hydrogens is 252 g/mol. The Morgan fingerprint density at radius 3 is 2.85 bits per heavy atom. The van der Waals surface area contributed by atoms with Crippen molar-refractivity contribution in [1.29, 1.82) is 0 Å². The van der Waals surface area contributed by atoms with Crippen LogP contribution in [0.2, 0.25) is 0 Å². The van der Waals surface area contributed by atoms with Gasteiger partial charge in [0.1, 0.15) is 5.75 Å². The third kappa shape index (κ3) is 2.47. The van der Waals surface area contributed by atoms with Crippen LogP contribution in [0.5, 0.6) is 5.75 Å². The minimum Gasteiger partial charge on any atom is -0.491 e. The van der Waals surface area contributed by atoms with Crippen molar-refractivity contribution in [2.24, 2.45) is 0 Å². The van der Waals surface area contributed by atoms with Crippen molar-refractivity contribution in [1.82, 2.24) is 4.98 Å². The van der Waals surface area contributed by atoms with Crippen LogP contribution in [0, 0.1) is 0 Å². The number of nitrogens with zero attached hydrogens (tertiary/aromatic N) is 2. The highest BCUT2D eigenvalue weighted by Gasteiger charge is 2.17. The number of aromatic nitrogens is 1. The minimum absolute atomic E-state index is 0.538. The lowest BCUT2D eigenvalue weighted by Crippen LogP contribution is -2.18. The normalized spacial score (nSPS) is 16.0. The molecule has 104 valence electrons. The maximum Gasteiger partial charge on any atom is 0.142 e. The van der Waals surface area contributed by atoms with Gasteiger partial charge in [-0.3, -0.25) is 4.98 Å². The summed E-state index contributed by atoms with van der Waals surface area (Å²) in [4.78, 5) is 6.53. The van der Waals surface area contributed by atoms with Crippen molar-refractivity contribution >= 4 is 11.4 Å². The topological polar surface area (TPSA) is 45.6 Å². The summed E-state index contributed by atoms with van der Waals surface area (Å²) in [5, 5.41) is 9.53. The summed E-state index contributed by atoms with van der Waals surface area (Å²) in [6.07, 6.45) is 2.24. The van der Waals surface area contributed by atoms with E-state index in [1.54, 1.807) is 6.92 Å². The largest absolute Gasteiger partial charge is 0.491 e. The zero-order valence-electron chi connectivity index (χ0n) is 11.5. The number of aliphatic hydroxyl groups is 1. The molecule has 1 N–H and O–H groups in total. The van der Waals surface area contributed by atoms with Gasteiger partial charge in [0.05, 0.1) is 36.0 Å². The average Bonchev–Trinajstić information content (AvgIpc) is 2.69. The van der Waals surface area contributed by atoms with Crippen molar-refractivity contribution in [3.05, 3.63) is 48.3 Å². The molecular formula is C16H18N2O2. The van der Waals surface area contributed by atoms with Crippen molar-refractivity contribution in [2.75, 3.05) is 18.1 Å². The molecule has 2 aromatic rings. The molecule has 0 spiro atoms. The second-order valence-corrected chi connectivity index (χ2v) is 4.94. The van der Waals surface area contributed by atoms with E-state index in [9.17, 15) is 5.11 Å². The molecule has 1 atom stereocenters. The number of aliphatic hydroxyl groups excluding tert-OH is 1. The Morgan fingerprint density at radius 1 is 1.25 bits per heavy atom. The van der Waals surface area contributed by atoms with Gasteiger partial charge in [-0.1, -0.05) is 12.1 Å². The third-order valence-corrected chi connectivity index (χ3v) is 3.45. The van der Waals surface area contributed by atoms with E-state index >= 15 is 0 Å². The van der Waals surface area contributed by atoms with E-state index in [1.165, 1.54) is 0 Å². The Labute approximate surface area is 118 Å². The summed E-state index contributed by atoms with van der Waals surface area (Å²) in [5.74, 6) is 0.907. The van der Waals surface area contributed by atoms with Gasteiger partial charge in [-0.15, -0.1) is 0 Å². The van der Waals surface area contributed by atoms with Crippen molar-refractivity contribution in [3.8, 4) is 5.75 Å². The SMILES string of the molecule is CC(O)c1ccc(N2CCCOc3ccccc32)cn1. The number of pyridine rings is 1. The first-order chi connectivity index (χ1) is 9.75. The Morgan fingerprint density at radius 2 is 2.10 bits per heavy atom. The highest BCUT2D eigenvalue weighted by molar-refractivity contribution is 5.69. The quantitative estimate of drug-likeness (QED) is 0.911. The standard InChI is InChI=1S/C16H18N2O2/c1-12(19)14-8-7-13(11-17-14)18-9-4-10-20-16-6-3-2-5-15(16)18/h2-3,5-8,11-12,19H,4,9-10H2,1H3. The van der Waals surface area contributed by atoms with Gasteiger partial charge >= 0.3 is 0 Å². The first kappa shape index (κ1) is 12.9. The molecule has 1 aromatic heterocycles. The third-order valence-electron chi connectivity index (χ3n) is 3.45. The van der Waals surface area contributed by atoms with E-state index < -0.39 is 6.10 Å². The van der Waals surface area contributed by atoms with E-state index in [2.05, 4.69) is 16.0 Å².